The monoisotopic (exact) mass is 235 g/mol. The van der Waals surface area contributed by atoms with Crippen LogP contribution in [0.4, 0.5) is 16.2 Å². The minimum absolute atomic E-state index is 0.0941. The first-order chi connectivity index (χ1) is 7.85. The quantitative estimate of drug-likeness (QED) is 0.790. The van der Waals surface area contributed by atoms with E-state index in [1.54, 1.807) is 0 Å². The normalized spacial score (nSPS) is 11.8. The topological polar surface area (TPSA) is 76.7 Å². The minimum Gasteiger partial charge on any atom is -0.368 e. The summed E-state index contributed by atoms with van der Waals surface area (Å²) in [6.45, 7) is 5.96. The van der Waals surface area contributed by atoms with Gasteiger partial charge >= 0.3 is 0 Å². The molecular weight excluding hydrogens is 221 g/mol. The summed E-state index contributed by atoms with van der Waals surface area (Å²) >= 11 is 0. The van der Waals surface area contributed by atoms with Gasteiger partial charge in [-0.3, -0.25) is 0 Å². The average molecular weight is 235 g/mol. The zero-order valence-electron chi connectivity index (χ0n) is 9.95. The minimum atomic E-state index is -0.447. The second-order valence-corrected chi connectivity index (χ2v) is 4.83. The van der Waals surface area contributed by atoms with Gasteiger partial charge in [0.25, 0.3) is 0 Å². The molecule has 0 aliphatic heterocycles. The second kappa shape index (κ2) is 3.80. The molecule has 17 heavy (non-hydrogen) atoms. The first-order valence-electron chi connectivity index (χ1n) is 5.22. The van der Waals surface area contributed by atoms with E-state index in [0.717, 1.165) is 6.20 Å². The van der Waals surface area contributed by atoms with Crippen LogP contribution in [0.5, 0.6) is 0 Å². The van der Waals surface area contributed by atoms with Gasteiger partial charge in [-0.05, 0) is 20.8 Å². The fourth-order valence-corrected chi connectivity index (χ4v) is 1.45. The molecule has 0 aromatic carbocycles. The summed E-state index contributed by atoms with van der Waals surface area (Å²) in [5, 5.41) is 3.17. The van der Waals surface area contributed by atoms with Gasteiger partial charge in [0, 0.05) is 11.6 Å². The predicted octanol–water partition coefficient (Wildman–Crippen LogP) is 1.96. The molecule has 5 nitrogen and oxygen atoms in total. The van der Waals surface area contributed by atoms with Crippen molar-refractivity contribution in [1.82, 2.24) is 15.0 Å². The van der Waals surface area contributed by atoms with Crippen LogP contribution in [0.1, 0.15) is 20.8 Å². The molecule has 0 atom stereocenters. The Bertz CT molecular complexity index is 556. The molecule has 0 saturated heterocycles. The van der Waals surface area contributed by atoms with Gasteiger partial charge in [0.15, 0.2) is 5.82 Å². The molecule has 2 heterocycles. The van der Waals surface area contributed by atoms with Crippen molar-refractivity contribution in [2.45, 2.75) is 26.3 Å². The number of fused-ring (bicyclic) bond motifs is 1. The van der Waals surface area contributed by atoms with E-state index in [4.69, 9.17) is 5.73 Å². The fraction of sp³-hybridized carbons (Fsp3) is 0.364. The van der Waals surface area contributed by atoms with E-state index in [2.05, 4.69) is 20.3 Å². The zero-order valence-corrected chi connectivity index (χ0v) is 9.95. The summed E-state index contributed by atoms with van der Waals surface area (Å²) in [6.07, 6.45) is 1.13. The third kappa shape index (κ3) is 2.58. The Kier molecular flexibility index (Phi) is 2.57. The van der Waals surface area contributed by atoms with E-state index < -0.39 is 5.82 Å². The van der Waals surface area contributed by atoms with Gasteiger partial charge in [0.1, 0.15) is 11.3 Å². The van der Waals surface area contributed by atoms with Crippen molar-refractivity contribution < 1.29 is 4.39 Å². The lowest BCUT2D eigenvalue weighted by atomic mass is 10.1. The van der Waals surface area contributed by atoms with Gasteiger partial charge in [-0.15, -0.1) is 0 Å². The van der Waals surface area contributed by atoms with E-state index >= 15 is 0 Å². The summed E-state index contributed by atoms with van der Waals surface area (Å²) in [5.41, 5.74) is 6.29. The number of nitrogen functional groups attached to an aromatic ring is 1. The van der Waals surface area contributed by atoms with Crippen molar-refractivity contribution in [3.63, 3.8) is 0 Å². The summed E-state index contributed by atoms with van der Waals surface area (Å²) in [5.74, 6) is 0.161. The molecular formula is C11H14FN5. The molecule has 0 fully saturated rings. The van der Waals surface area contributed by atoms with Gasteiger partial charge in [0.05, 0.1) is 11.7 Å². The molecule has 2 rings (SSSR count). The second-order valence-electron chi connectivity index (χ2n) is 4.83. The van der Waals surface area contributed by atoms with Crippen molar-refractivity contribution in [2.24, 2.45) is 0 Å². The summed E-state index contributed by atoms with van der Waals surface area (Å²) < 4.78 is 13.1. The van der Waals surface area contributed by atoms with Gasteiger partial charge in [-0.25, -0.2) is 14.4 Å². The number of rotatable bonds is 1. The van der Waals surface area contributed by atoms with Crippen LogP contribution in [-0.4, -0.2) is 20.5 Å². The van der Waals surface area contributed by atoms with Crippen LogP contribution >= 0.6 is 0 Å². The number of hydrogen-bond donors (Lipinski definition) is 2. The van der Waals surface area contributed by atoms with Crippen LogP contribution in [-0.2, 0) is 0 Å². The van der Waals surface area contributed by atoms with Crippen molar-refractivity contribution in [2.75, 3.05) is 11.1 Å². The van der Waals surface area contributed by atoms with Crippen molar-refractivity contribution in [3.05, 3.63) is 18.1 Å². The third-order valence-corrected chi connectivity index (χ3v) is 2.01. The van der Waals surface area contributed by atoms with Gasteiger partial charge in [-0.1, -0.05) is 0 Å². The maximum absolute atomic E-state index is 13.1. The SMILES string of the molecule is CC(C)(C)Nc1nc(N)nc2cc(F)cnc12. The van der Waals surface area contributed by atoms with E-state index in [1.165, 1.54) is 6.07 Å². The van der Waals surface area contributed by atoms with Crippen LogP contribution in [0.2, 0.25) is 0 Å². The Balaban J connectivity index is 2.62. The lowest BCUT2D eigenvalue weighted by Crippen LogP contribution is -2.27. The predicted molar refractivity (Wildman–Crippen MR) is 65.1 cm³/mol. The number of nitrogens with zero attached hydrogens (tertiary/aromatic N) is 3. The lowest BCUT2D eigenvalue weighted by Gasteiger charge is -2.21. The summed E-state index contributed by atoms with van der Waals surface area (Å²) in [4.78, 5) is 12.0. The number of aromatic nitrogens is 3. The molecule has 0 bridgehead atoms. The molecule has 0 aliphatic carbocycles. The summed E-state index contributed by atoms with van der Waals surface area (Å²) in [6, 6.07) is 1.29. The van der Waals surface area contributed by atoms with Crippen molar-refractivity contribution >= 4 is 22.8 Å². The Morgan fingerprint density at radius 2 is 2.00 bits per heavy atom. The van der Waals surface area contributed by atoms with Crippen LogP contribution in [0, 0.1) is 5.82 Å². The van der Waals surface area contributed by atoms with Gasteiger partial charge < -0.3 is 11.1 Å². The largest absolute Gasteiger partial charge is 0.368 e. The molecule has 0 amide bonds. The summed E-state index contributed by atoms with van der Waals surface area (Å²) in [7, 11) is 0. The molecule has 0 aliphatic rings. The van der Waals surface area contributed by atoms with Gasteiger partial charge in [-0.2, -0.15) is 4.98 Å². The molecule has 2 aromatic rings. The molecule has 90 valence electrons. The maximum Gasteiger partial charge on any atom is 0.222 e. The standard InChI is InChI=1S/C11H14FN5/c1-11(2,3)17-9-8-7(15-10(13)16-9)4-6(12)5-14-8/h4-5H,1-3H3,(H3,13,15,16,17). The molecule has 6 heteroatoms. The highest BCUT2D eigenvalue weighted by molar-refractivity contribution is 5.86. The Labute approximate surface area is 98.3 Å². The number of pyridine rings is 1. The van der Waals surface area contributed by atoms with Crippen LogP contribution < -0.4 is 11.1 Å². The number of nitrogens with one attached hydrogen (secondary N) is 1. The Morgan fingerprint density at radius 3 is 2.65 bits per heavy atom. The smallest absolute Gasteiger partial charge is 0.222 e. The van der Waals surface area contributed by atoms with Crippen LogP contribution in [0.15, 0.2) is 12.3 Å². The van der Waals surface area contributed by atoms with E-state index in [9.17, 15) is 4.39 Å². The molecule has 3 N–H and O–H groups in total. The van der Waals surface area contributed by atoms with E-state index in [-0.39, 0.29) is 11.5 Å². The highest BCUT2D eigenvalue weighted by atomic mass is 19.1. The Hall–Kier alpha value is -1.98. The molecule has 2 aromatic heterocycles. The first-order valence-corrected chi connectivity index (χ1v) is 5.22. The highest BCUT2D eigenvalue weighted by Crippen LogP contribution is 2.22. The van der Waals surface area contributed by atoms with Crippen molar-refractivity contribution in [3.8, 4) is 0 Å². The molecule has 0 spiro atoms. The van der Waals surface area contributed by atoms with E-state index in [0.29, 0.717) is 16.9 Å². The third-order valence-electron chi connectivity index (χ3n) is 2.01. The maximum atomic E-state index is 13.1. The number of halogens is 1. The molecule has 0 saturated carbocycles. The van der Waals surface area contributed by atoms with E-state index in [1.807, 2.05) is 20.8 Å². The number of hydrogen-bond acceptors (Lipinski definition) is 5. The van der Waals surface area contributed by atoms with Crippen LogP contribution in [0.25, 0.3) is 11.0 Å². The fourth-order valence-electron chi connectivity index (χ4n) is 1.45. The van der Waals surface area contributed by atoms with Crippen LogP contribution in [0.3, 0.4) is 0 Å². The van der Waals surface area contributed by atoms with Crippen molar-refractivity contribution in [1.29, 1.82) is 0 Å². The number of nitrogens with two attached hydrogens (primary N) is 1. The first kappa shape index (κ1) is 11.5. The zero-order chi connectivity index (χ0) is 12.6. The number of anilines is 2. The highest BCUT2D eigenvalue weighted by Gasteiger charge is 2.15. The molecule has 0 unspecified atom stereocenters. The Morgan fingerprint density at radius 1 is 1.29 bits per heavy atom. The molecule has 0 radical (unpaired) electrons. The lowest BCUT2D eigenvalue weighted by molar-refractivity contribution is 0.622. The van der Waals surface area contributed by atoms with Gasteiger partial charge in [0.2, 0.25) is 5.95 Å². The average Bonchev–Trinajstić information content (AvgIpc) is 2.13.